The number of nitrogens with two attached hydrogens (primary N) is 1. The van der Waals surface area contributed by atoms with Gasteiger partial charge in [0, 0.05) is 33.4 Å². The third kappa shape index (κ3) is 4.70. The number of hydrogen-bond donors (Lipinski definition) is 3. The number of nitrogens with one attached hydrogen (secondary N) is 2. The number of amides is 2. The molecule has 17 heavy (non-hydrogen) atoms. The van der Waals surface area contributed by atoms with E-state index in [1.54, 1.807) is 7.11 Å². The van der Waals surface area contributed by atoms with E-state index >= 15 is 0 Å². The summed E-state index contributed by atoms with van der Waals surface area (Å²) in [6.45, 7) is 1.89. The van der Waals surface area contributed by atoms with Gasteiger partial charge in [0.25, 0.3) is 0 Å². The summed E-state index contributed by atoms with van der Waals surface area (Å²) in [5.74, 6) is -1.19. The van der Waals surface area contributed by atoms with Crippen LogP contribution in [0, 0.1) is 5.41 Å². The van der Waals surface area contributed by atoms with Crippen molar-refractivity contribution in [3.63, 3.8) is 0 Å². The topological polar surface area (TPSA) is 93.4 Å². The molecule has 0 heterocycles. The molecular formula is C11H21N3O3. The van der Waals surface area contributed by atoms with Crippen molar-refractivity contribution in [2.24, 2.45) is 11.1 Å². The molecule has 0 aromatic heterocycles. The molecule has 0 aliphatic heterocycles. The second-order valence-corrected chi connectivity index (χ2v) is 4.47. The highest BCUT2D eigenvalue weighted by molar-refractivity contribution is 6.35. The van der Waals surface area contributed by atoms with Crippen molar-refractivity contribution in [2.75, 3.05) is 33.4 Å². The molecule has 1 aliphatic carbocycles. The predicted molar refractivity (Wildman–Crippen MR) is 63.2 cm³/mol. The molecule has 2 amide bonds. The standard InChI is InChI=1S/C11H21N3O3/c1-17-7-4-11(2-3-11)8-14-10(16)9(15)13-6-5-12/h2-8,12H2,1H3,(H,13,15)(H,14,16). The molecule has 6 heteroatoms. The first-order valence-electron chi connectivity index (χ1n) is 5.88. The Bertz CT molecular complexity index is 277. The van der Waals surface area contributed by atoms with E-state index in [0.717, 1.165) is 19.3 Å². The molecule has 0 saturated heterocycles. The Hall–Kier alpha value is -1.14. The molecule has 0 radical (unpaired) electrons. The Morgan fingerprint density at radius 2 is 1.94 bits per heavy atom. The van der Waals surface area contributed by atoms with Crippen LogP contribution in [0.15, 0.2) is 0 Å². The average molecular weight is 243 g/mol. The van der Waals surface area contributed by atoms with Gasteiger partial charge in [-0.1, -0.05) is 0 Å². The predicted octanol–water partition coefficient (Wildman–Crippen LogP) is -1.01. The van der Waals surface area contributed by atoms with E-state index < -0.39 is 11.8 Å². The minimum Gasteiger partial charge on any atom is -0.385 e. The van der Waals surface area contributed by atoms with Crippen LogP contribution in [0.4, 0.5) is 0 Å². The average Bonchev–Trinajstić information content (AvgIpc) is 3.11. The molecule has 1 aliphatic rings. The lowest BCUT2D eigenvalue weighted by atomic mass is 10.0. The Kier molecular flexibility index (Phi) is 5.37. The van der Waals surface area contributed by atoms with Gasteiger partial charge in [0.2, 0.25) is 0 Å². The second kappa shape index (κ2) is 6.56. The maximum Gasteiger partial charge on any atom is 0.309 e. The number of ether oxygens (including phenoxy) is 1. The third-order valence-corrected chi connectivity index (χ3v) is 3.05. The van der Waals surface area contributed by atoms with Crippen LogP contribution in [0.1, 0.15) is 19.3 Å². The van der Waals surface area contributed by atoms with Gasteiger partial charge >= 0.3 is 11.8 Å². The zero-order chi connectivity index (χ0) is 12.7. The van der Waals surface area contributed by atoms with Crippen molar-refractivity contribution in [1.29, 1.82) is 0 Å². The maximum absolute atomic E-state index is 11.4. The van der Waals surface area contributed by atoms with Gasteiger partial charge in [-0.25, -0.2) is 0 Å². The highest BCUT2D eigenvalue weighted by Gasteiger charge is 2.42. The van der Waals surface area contributed by atoms with Crippen LogP contribution >= 0.6 is 0 Å². The van der Waals surface area contributed by atoms with E-state index in [1.165, 1.54) is 0 Å². The Labute approximate surface area is 101 Å². The summed E-state index contributed by atoms with van der Waals surface area (Å²) in [6, 6.07) is 0. The number of hydrogen-bond acceptors (Lipinski definition) is 4. The molecule has 0 atom stereocenters. The smallest absolute Gasteiger partial charge is 0.309 e. The van der Waals surface area contributed by atoms with Crippen molar-refractivity contribution >= 4 is 11.8 Å². The maximum atomic E-state index is 11.4. The fraction of sp³-hybridized carbons (Fsp3) is 0.818. The molecule has 1 rings (SSSR count). The zero-order valence-corrected chi connectivity index (χ0v) is 10.3. The number of carbonyl (C=O) groups excluding carboxylic acids is 2. The first-order chi connectivity index (χ1) is 8.13. The van der Waals surface area contributed by atoms with Crippen molar-refractivity contribution in [1.82, 2.24) is 10.6 Å². The normalized spacial score (nSPS) is 16.4. The molecule has 4 N–H and O–H groups in total. The lowest BCUT2D eigenvalue weighted by Gasteiger charge is -2.15. The SMILES string of the molecule is COCCC1(CNC(=O)C(=O)NCCN)CC1. The Morgan fingerprint density at radius 1 is 1.29 bits per heavy atom. The van der Waals surface area contributed by atoms with Gasteiger partial charge in [0.15, 0.2) is 0 Å². The molecule has 1 saturated carbocycles. The number of rotatable bonds is 7. The van der Waals surface area contributed by atoms with Crippen LogP contribution in [-0.2, 0) is 14.3 Å². The van der Waals surface area contributed by atoms with E-state index in [0.29, 0.717) is 26.2 Å². The van der Waals surface area contributed by atoms with Crippen LogP contribution in [0.2, 0.25) is 0 Å². The van der Waals surface area contributed by atoms with Crippen molar-refractivity contribution < 1.29 is 14.3 Å². The largest absolute Gasteiger partial charge is 0.385 e. The molecule has 6 nitrogen and oxygen atoms in total. The lowest BCUT2D eigenvalue weighted by Crippen LogP contribution is -2.43. The minimum absolute atomic E-state index is 0.153. The summed E-state index contributed by atoms with van der Waals surface area (Å²) < 4.78 is 5.02. The summed E-state index contributed by atoms with van der Waals surface area (Å²) in [5, 5.41) is 5.09. The van der Waals surface area contributed by atoms with Crippen LogP contribution in [0.5, 0.6) is 0 Å². The van der Waals surface area contributed by atoms with Crippen molar-refractivity contribution in [3.8, 4) is 0 Å². The Balaban J connectivity index is 2.21. The van der Waals surface area contributed by atoms with Crippen LogP contribution in [0.3, 0.4) is 0 Å². The monoisotopic (exact) mass is 243 g/mol. The van der Waals surface area contributed by atoms with E-state index in [9.17, 15) is 9.59 Å². The van der Waals surface area contributed by atoms with Crippen molar-refractivity contribution in [3.05, 3.63) is 0 Å². The van der Waals surface area contributed by atoms with E-state index in [-0.39, 0.29) is 5.41 Å². The fourth-order valence-electron chi connectivity index (χ4n) is 1.62. The zero-order valence-electron chi connectivity index (χ0n) is 10.3. The summed E-state index contributed by atoms with van der Waals surface area (Å²) in [7, 11) is 1.66. The number of methoxy groups -OCH3 is 1. The van der Waals surface area contributed by atoms with Gasteiger partial charge in [0.1, 0.15) is 0 Å². The van der Waals surface area contributed by atoms with Crippen LogP contribution < -0.4 is 16.4 Å². The fourth-order valence-corrected chi connectivity index (χ4v) is 1.62. The first-order valence-corrected chi connectivity index (χ1v) is 5.88. The van der Waals surface area contributed by atoms with Gasteiger partial charge in [-0.2, -0.15) is 0 Å². The van der Waals surface area contributed by atoms with Crippen molar-refractivity contribution in [2.45, 2.75) is 19.3 Å². The highest BCUT2D eigenvalue weighted by Crippen LogP contribution is 2.48. The first kappa shape index (κ1) is 13.9. The summed E-state index contributed by atoms with van der Waals surface area (Å²) >= 11 is 0. The molecule has 0 spiro atoms. The van der Waals surface area contributed by atoms with Crippen LogP contribution in [-0.4, -0.2) is 45.2 Å². The van der Waals surface area contributed by atoms with Gasteiger partial charge in [0.05, 0.1) is 0 Å². The molecule has 0 aromatic rings. The minimum atomic E-state index is -0.613. The quantitative estimate of drug-likeness (QED) is 0.500. The van der Waals surface area contributed by atoms with Gasteiger partial charge in [-0.05, 0) is 24.7 Å². The second-order valence-electron chi connectivity index (χ2n) is 4.47. The molecule has 1 fully saturated rings. The van der Waals surface area contributed by atoms with Gasteiger partial charge in [-0.3, -0.25) is 9.59 Å². The molecular weight excluding hydrogens is 222 g/mol. The van der Waals surface area contributed by atoms with E-state index in [1.807, 2.05) is 0 Å². The highest BCUT2D eigenvalue weighted by atomic mass is 16.5. The third-order valence-electron chi connectivity index (χ3n) is 3.05. The Morgan fingerprint density at radius 3 is 2.47 bits per heavy atom. The summed E-state index contributed by atoms with van der Waals surface area (Å²) in [5.41, 5.74) is 5.38. The lowest BCUT2D eigenvalue weighted by molar-refractivity contribution is -0.139. The number of carbonyl (C=O) groups is 2. The van der Waals surface area contributed by atoms with Gasteiger partial charge < -0.3 is 21.1 Å². The summed E-state index contributed by atoms with van der Waals surface area (Å²) in [6.07, 6.45) is 3.09. The molecule has 98 valence electrons. The summed E-state index contributed by atoms with van der Waals surface area (Å²) in [4.78, 5) is 22.7. The molecule has 0 bridgehead atoms. The van der Waals surface area contributed by atoms with Gasteiger partial charge in [-0.15, -0.1) is 0 Å². The molecule has 0 aromatic carbocycles. The van der Waals surface area contributed by atoms with E-state index in [4.69, 9.17) is 10.5 Å². The molecule has 0 unspecified atom stereocenters. The van der Waals surface area contributed by atoms with E-state index in [2.05, 4.69) is 10.6 Å². The van der Waals surface area contributed by atoms with Crippen LogP contribution in [0.25, 0.3) is 0 Å².